The zero-order chi connectivity index (χ0) is 15.5. The largest absolute Gasteiger partial charge is 0.274 e. The summed E-state index contributed by atoms with van der Waals surface area (Å²) in [7, 11) is -3.97. The summed E-state index contributed by atoms with van der Waals surface area (Å²) in [5, 5.41) is 8.80. The van der Waals surface area contributed by atoms with Gasteiger partial charge in [-0.25, -0.2) is 13.1 Å². The van der Waals surface area contributed by atoms with Crippen LogP contribution in [0.3, 0.4) is 0 Å². The van der Waals surface area contributed by atoms with Gasteiger partial charge in [0.05, 0.1) is 15.5 Å². The summed E-state index contributed by atoms with van der Waals surface area (Å²) in [6, 6.07) is 5.57. The first kappa shape index (κ1) is 15.5. The lowest BCUT2D eigenvalue weighted by Crippen LogP contribution is -2.36. The van der Waals surface area contributed by atoms with Crippen molar-refractivity contribution in [3.8, 4) is 6.07 Å². The van der Waals surface area contributed by atoms with Crippen molar-refractivity contribution in [1.82, 2.24) is 4.72 Å². The number of hydrogen-bond donors (Lipinski definition) is 1. The van der Waals surface area contributed by atoms with Gasteiger partial charge in [-0.1, -0.05) is 23.8 Å². The molecule has 0 fully saturated rings. The fraction of sp³-hybridized carbons (Fsp3) is 0.286. The van der Waals surface area contributed by atoms with Crippen LogP contribution in [-0.4, -0.2) is 14.3 Å². The van der Waals surface area contributed by atoms with E-state index in [1.165, 1.54) is 12.1 Å². The number of carbonyl (C=O) groups is 1. The van der Waals surface area contributed by atoms with E-state index < -0.39 is 15.9 Å². The number of hydrogen-bond acceptors (Lipinski definition) is 4. The first-order chi connectivity index (χ1) is 9.94. The highest BCUT2D eigenvalue weighted by atomic mass is 35.5. The first-order valence-corrected chi connectivity index (χ1v) is 8.21. The summed E-state index contributed by atoms with van der Waals surface area (Å²) in [5.41, 5.74) is 0.180. The van der Waals surface area contributed by atoms with Crippen molar-refractivity contribution in [2.24, 2.45) is 5.92 Å². The molecule has 0 aromatic heterocycles. The second kappa shape index (κ2) is 6.29. The van der Waals surface area contributed by atoms with Crippen LogP contribution in [0.15, 0.2) is 35.2 Å². The number of halogens is 1. The quantitative estimate of drug-likeness (QED) is 0.865. The van der Waals surface area contributed by atoms with Crippen molar-refractivity contribution in [1.29, 1.82) is 5.26 Å². The number of sulfonamides is 1. The van der Waals surface area contributed by atoms with Gasteiger partial charge in [0.2, 0.25) is 5.91 Å². The SMILES string of the molecule is N#Cc1ccc(S(=O)(=O)NC(=O)[C@@H]2CC=CCC2)cc1Cl. The van der Waals surface area contributed by atoms with Crippen molar-refractivity contribution in [3.05, 3.63) is 40.9 Å². The number of rotatable bonds is 3. The Kier molecular flexibility index (Phi) is 4.66. The molecule has 0 unspecified atom stereocenters. The molecule has 1 aromatic rings. The molecule has 21 heavy (non-hydrogen) atoms. The molecule has 0 aliphatic heterocycles. The van der Waals surface area contributed by atoms with E-state index in [0.717, 1.165) is 12.5 Å². The lowest BCUT2D eigenvalue weighted by molar-refractivity contribution is -0.123. The molecule has 110 valence electrons. The molecule has 0 saturated carbocycles. The molecule has 1 aliphatic rings. The van der Waals surface area contributed by atoms with Gasteiger partial charge in [-0.3, -0.25) is 4.79 Å². The number of nitriles is 1. The van der Waals surface area contributed by atoms with Gasteiger partial charge in [-0.05, 0) is 37.5 Å². The van der Waals surface area contributed by atoms with Crippen LogP contribution >= 0.6 is 11.6 Å². The average Bonchev–Trinajstić information content (AvgIpc) is 2.47. The molecule has 0 saturated heterocycles. The maximum Gasteiger partial charge on any atom is 0.264 e. The zero-order valence-corrected chi connectivity index (χ0v) is 12.6. The Morgan fingerprint density at radius 2 is 2.14 bits per heavy atom. The molecule has 0 spiro atoms. The highest BCUT2D eigenvalue weighted by Gasteiger charge is 2.25. The molecule has 0 radical (unpaired) electrons. The summed E-state index contributed by atoms with van der Waals surface area (Å²) in [6.07, 6.45) is 5.78. The van der Waals surface area contributed by atoms with Gasteiger partial charge >= 0.3 is 0 Å². The van der Waals surface area contributed by atoms with Gasteiger partial charge in [0.15, 0.2) is 0 Å². The van der Waals surface area contributed by atoms with Crippen LogP contribution < -0.4 is 4.72 Å². The maximum atomic E-state index is 12.1. The highest BCUT2D eigenvalue weighted by molar-refractivity contribution is 7.90. The summed E-state index contributed by atoms with van der Waals surface area (Å²) >= 11 is 5.81. The second-order valence-electron chi connectivity index (χ2n) is 4.70. The van der Waals surface area contributed by atoms with E-state index in [0.29, 0.717) is 12.8 Å². The Morgan fingerprint density at radius 1 is 1.38 bits per heavy atom. The molecule has 2 rings (SSSR count). The molecular formula is C14H13ClN2O3S. The van der Waals surface area contributed by atoms with Crippen LogP contribution in [0.5, 0.6) is 0 Å². The highest BCUT2D eigenvalue weighted by Crippen LogP contribution is 2.22. The Labute approximate surface area is 128 Å². The van der Waals surface area contributed by atoms with Crippen LogP contribution in [0, 0.1) is 17.2 Å². The predicted octanol–water partition coefficient (Wildman–Crippen LogP) is 2.37. The lowest BCUT2D eigenvalue weighted by Gasteiger charge is -2.17. The van der Waals surface area contributed by atoms with E-state index in [4.69, 9.17) is 16.9 Å². The van der Waals surface area contributed by atoms with Crippen LogP contribution in [0.2, 0.25) is 5.02 Å². The molecular weight excluding hydrogens is 312 g/mol. The molecule has 5 nitrogen and oxygen atoms in total. The van der Waals surface area contributed by atoms with Crippen molar-refractivity contribution in [3.63, 3.8) is 0 Å². The van der Waals surface area contributed by atoms with Gasteiger partial charge in [0.1, 0.15) is 6.07 Å². The predicted molar refractivity (Wildman–Crippen MR) is 78.0 cm³/mol. The third-order valence-corrected chi connectivity index (χ3v) is 4.90. The maximum absolute atomic E-state index is 12.1. The summed E-state index contributed by atoms with van der Waals surface area (Å²) < 4.78 is 26.4. The lowest BCUT2D eigenvalue weighted by atomic mass is 9.94. The Balaban J connectivity index is 2.18. The second-order valence-corrected chi connectivity index (χ2v) is 6.79. The van der Waals surface area contributed by atoms with E-state index in [9.17, 15) is 13.2 Å². The topological polar surface area (TPSA) is 87.0 Å². The standard InChI is InChI=1S/C14H13ClN2O3S/c15-13-8-12(7-6-11(13)9-16)21(19,20)17-14(18)10-4-2-1-3-5-10/h1-2,6-8,10H,3-5H2,(H,17,18)/t10-/m1/s1. The van der Waals surface area contributed by atoms with E-state index >= 15 is 0 Å². The van der Waals surface area contributed by atoms with Crippen LogP contribution in [-0.2, 0) is 14.8 Å². The summed E-state index contributed by atoms with van der Waals surface area (Å²) in [4.78, 5) is 11.9. The Bertz CT molecular complexity index is 735. The number of nitrogens with zero attached hydrogens (tertiary/aromatic N) is 1. The smallest absolute Gasteiger partial charge is 0.264 e. The minimum atomic E-state index is -3.97. The minimum Gasteiger partial charge on any atom is -0.274 e. The average molecular weight is 325 g/mol. The third kappa shape index (κ3) is 3.63. The fourth-order valence-corrected chi connectivity index (χ4v) is 3.42. The van der Waals surface area contributed by atoms with E-state index in [-0.39, 0.29) is 21.4 Å². The van der Waals surface area contributed by atoms with Crippen LogP contribution in [0.25, 0.3) is 0 Å². The van der Waals surface area contributed by atoms with E-state index in [1.54, 1.807) is 0 Å². The van der Waals surface area contributed by atoms with Gasteiger partial charge in [-0.15, -0.1) is 0 Å². The first-order valence-electron chi connectivity index (χ1n) is 6.35. The van der Waals surface area contributed by atoms with Gasteiger partial charge in [0.25, 0.3) is 10.0 Å². The molecule has 1 aromatic carbocycles. The van der Waals surface area contributed by atoms with Crippen molar-refractivity contribution < 1.29 is 13.2 Å². The number of benzene rings is 1. The van der Waals surface area contributed by atoms with Gasteiger partial charge in [-0.2, -0.15) is 5.26 Å². The number of carbonyl (C=O) groups excluding carboxylic acids is 1. The van der Waals surface area contributed by atoms with Crippen LogP contribution in [0.4, 0.5) is 0 Å². The fourth-order valence-electron chi connectivity index (χ4n) is 2.06. The van der Waals surface area contributed by atoms with Crippen molar-refractivity contribution in [2.45, 2.75) is 24.2 Å². The number of nitrogens with one attached hydrogen (secondary N) is 1. The van der Waals surface area contributed by atoms with Gasteiger partial charge < -0.3 is 0 Å². The molecule has 1 atom stereocenters. The monoisotopic (exact) mass is 324 g/mol. The molecule has 7 heteroatoms. The van der Waals surface area contributed by atoms with E-state index in [1.807, 2.05) is 18.2 Å². The minimum absolute atomic E-state index is 0.0356. The zero-order valence-electron chi connectivity index (χ0n) is 11.0. The molecule has 1 amide bonds. The summed E-state index contributed by atoms with van der Waals surface area (Å²) in [5.74, 6) is -0.849. The third-order valence-electron chi connectivity index (χ3n) is 3.25. The Morgan fingerprint density at radius 3 is 2.71 bits per heavy atom. The summed E-state index contributed by atoms with van der Waals surface area (Å²) in [6.45, 7) is 0. The van der Waals surface area contributed by atoms with E-state index in [2.05, 4.69) is 4.72 Å². The molecule has 1 N–H and O–H groups in total. The van der Waals surface area contributed by atoms with Gasteiger partial charge in [0, 0.05) is 5.92 Å². The van der Waals surface area contributed by atoms with Crippen molar-refractivity contribution >= 4 is 27.5 Å². The molecule has 0 bridgehead atoms. The van der Waals surface area contributed by atoms with Crippen molar-refractivity contribution in [2.75, 3.05) is 0 Å². The van der Waals surface area contributed by atoms with Crippen LogP contribution in [0.1, 0.15) is 24.8 Å². The molecule has 1 aliphatic carbocycles. The Hall–Kier alpha value is -1.84. The number of amides is 1. The number of allylic oxidation sites excluding steroid dienone is 2. The normalized spacial score (nSPS) is 18.0. The molecule has 0 heterocycles.